The maximum absolute atomic E-state index is 13.4. The Labute approximate surface area is 187 Å². The van der Waals surface area contributed by atoms with Gasteiger partial charge in [-0.3, -0.25) is 24.2 Å². The Morgan fingerprint density at radius 2 is 1.78 bits per heavy atom. The highest BCUT2D eigenvalue weighted by Gasteiger charge is 2.37. The number of amides is 3. The fourth-order valence-corrected chi connectivity index (χ4v) is 4.94. The molecule has 3 heterocycles. The number of aryl methyl sites for hydroxylation is 2. The number of carbonyl (C=O) groups is 3. The number of fused-ring (bicyclic) bond motifs is 2. The first-order valence-corrected chi connectivity index (χ1v) is 10.9. The van der Waals surface area contributed by atoms with Crippen LogP contribution in [0.2, 0.25) is 0 Å². The number of hydrogen-bond acceptors (Lipinski definition) is 6. The zero-order valence-electron chi connectivity index (χ0n) is 17.5. The molecule has 2 aromatic heterocycles. The Morgan fingerprint density at radius 1 is 1.06 bits per heavy atom. The molecule has 0 spiro atoms. The van der Waals surface area contributed by atoms with Crippen molar-refractivity contribution in [2.45, 2.75) is 20.4 Å². The van der Waals surface area contributed by atoms with E-state index in [0.717, 1.165) is 26.2 Å². The molecular weight excluding hydrogens is 426 g/mol. The average molecular weight is 446 g/mol. The predicted molar refractivity (Wildman–Crippen MR) is 121 cm³/mol. The third-order valence-electron chi connectivity index (χ3n) is 5.41. The standard InChI is InChI=1S/C24H19N3O4S/c1-14-10-15(2)21-19(11-14)25-24(32-21)26(12-16-6-5-9-31-16)20(28)13-27-22(29)17-7-3-4-8-18(17)23(27)30/h3-11H,12-13H2,1-2H3. The molecule has 0 bridgehead atoms. The largest absolute Gasteiger partial charge is 0.467 e. The maximum atomic E-state index is 13.4. The second-order valence-corrected chi connectivity index (χ2v) is 8.71. The van der Waals surface area contributed by atoms with Gasteiger partial charge in [-0.05, 0) is 55.3 Å². The van der Waals surface area contributed by atoms with Crippen LogP contribution < -0.4 is 4.90 Å². The number of carbonyl (C=O) groups excluding carboxylic acids is 3. The highest BCUT2D eigenvalue weighted by Crippen LogP contribution is 2.33. The molecule has 0 atom stereocenters. The Morgan fingerprint density at radius 3 is 2.44 bits per heavy atom. The summed E-state index contributed by atoms with van der Waals surface area (Å²) in [5.74, 6) is -0.766. The molecule has 0 saturated carbocycles. The quantitative estimate of drug-likeness (QED) is 0.427. The summed E-state index contributed by atoms with van der Waals surface area (Å²) in [6.45, 7) is 3.78. The molecule has 2 aromatic carbocycles. The molecule has 32 heavy (non-hydrogen) atoms. The van der Waals surface area contributed by atoms with Crippen molar-refractivity contribution in [1.82, 2.24) is 9.88 Å². The number of anilines is 1. The molecule has 0 N–H and O–H groups in total. The van der Waals surface area contributed by atoms with Crippen molar-refractivity contribution < 1.29 is 18.8 Å². The number of benzene rings is 2. The highest BCUT2D eigenvalue weighted by molar-refractivity contribution is 7.22. The fraction of sp³-hybridized carbons (Fsp3) is 0.167. The Bertz CT molecular complexity index is 1340. The van der Waals surface area contributed by atoms with E-state index in [0.29, 0.717) is 22.0 Å². The molecule has 0 radical (unpaired) electrons. The smallest absolute Gasteiger partial charge is 0.262 e. The summed E-state index contributed by atoms with van der Waals surface area (Å²) in [6, 6.07) is 14.1. The lowest BCUT2D eigenvalue weighted by Gasteiger charge is -2.21. The molecule has 7 nitrogen and oxygen atoms in total. The van der Waals surface area contributed by atoms with E-state index in [1.54, 1.807) is 36.4 Å². The van der Waals surface area contributed by atoms with Gasteiger partial charge in [-0.1, -0.05) is 29.5 Å². The zero-order valence-corrected chi connectivity index (χ0v) is 18.3. The molecule has 0 aliphatic carbocycles. The lowest BCUT2D eigenvalue weighted by Crippen LogP contribution is -2.42. The van der Waals surface area contributed by atoms with E-state index in [1.165, 1.54) is 22.5 Å². The molecule has 1 aliphatic rings. The molecular formula is C24H19N3O4S. The number of hydrogen-bond donors (Lipinski definition) is 0. The summed E-state index contributed by atoms with van der Waals surface area (Å²) in [7, 11) is 0. The molecule has 0 fully saturated rings. The number of rotatable bonds is 5. The van der Waals surface area contributed by atoms with Crippen LogP contribution in [0.4, 0.5) is 5.13 Å². The van der Waals surface area contributed by atoms with Crippen LogP contribution in [0.15, 0.2) is 59.2 Å². The number of furan rings is 1. The van der Waals surface area contributed by atoms with Gasteiger partial charge in [0, 0.05) is 0 Å². The fourth-order valence-electron chi connectivity index (χ4n) is 3.90. The molecule has 0 saturated heterocycles. The lowest BCUT2D eigenvalue weighted by atomic mass is 10.1. The summed E-state index contributed by atoms with van der Waals surface area (Å²) in [5.41, 5.74) is 3.60. The van der Waals surface area contributed by atoms with Crippen LogP contribution in [0.3, 0.4) is 0 Å². The van der Waals surface area contributed by atoms with Crippen LogP contribution in [0, 0.1) is 13.8 Å². The van der Waals surface area contributed by atoms with Crippen molar-refractivity contribution in [2.24, 2.45) is 0 Å². The SMILES string of the molecule is Cc1cc(C)c2sc(N(Cc3ccco3)C(=O)CN3C(=O)c4ccccc4C3=O)nc2c1. The molecule has 5 rings (SSSR count). The number of imide groups is 1. The van der Waals surface area contributed by atoms with Crippen molar-refractivity contribution in [1.29, 1.82) is 0 Å². The summed E-state index contributed by atoms with van der Waals surface area (Å²) >= 11 is 1.40. The molecule has 4 aromatic rings. The zero-order chi connectivity index (χ0) is 22.4. The Hall–Kier alpha value is -3.78. The number of thiazole rings is 1. The molecule has 0 unspecified atom stereocenters. The molecule has 3 amide bonds. The third kappa shape index (κ3) is 3.38. The normalized spacial score (nSPS) is 13.1. The van der Waals surface area contributed by atoms with Gasteiger partial charge in [0.05, 0.1) is 34.2 Å². The summed E-state index contributed by atoms with van der Waals surface area (Å²) in [4.78, 5) is 46.0. The highest BCUT2D eigenvalue weighted by atomic mass is 32.1. The summed E-state index contributed by atoms with van der Waals surface area (Å²) in [5, 5.41) is 0.492. The van der Waals surface area contributed by atoms with Crippen molar-refractivity contribution in [3.05, 3.63) is 82.8 Å². The molecule has 160 valence electrons. The van der Waals surface area contributed by atoms with Gasteiger partial charge in [-0.25, -0.2) is 4.98 Å². The van der Waals surface area contributed by atoms with E-state index in [-0.39, 0.29) is 13.1 Å². The van der Waals surface area contributed by atoms with Gasteiger partial charge in [0.2, 0.25) is 5.91 Å². The van der Waals surface area contributed by atoms with Crippen molar-refractivity contribution in [2.75, 3.05) is 11.4 Å². The van der Waals surface area contributed by atoms with E-state index in [9.17, 15) is 14.4 Å². The monoisotopic (exact) mass is 445 g/mol. The van der Waals surface area contributed by atoms with Crippen molar-refractivity contribution in [3.63, 3.8) is 0 Å². The third-order valence-corrected chi connectivity index (χ3v) is 6.64. The minimum Gasteiger partial charge on any atom is -0.467 e. The second-order valence-electron chi connectivity index (χ2n) is 7.73. The van der Waals surface area contributed by atoms with Gasteiger partial charge in [0.15, 0.2) is 5.13 Å². The second kappa shape index (κ2) is 7.72. The Kier molecular flexibility index (Phi) is 4.86. The van der Waals surface area contributed by atoms with Gasteiger partial charge in [-0.2, -0.15) is 0 Å². The molecule has 8 heteroatoms. The van der Waals surface area contributed by atoms with Crippen LogP contribution in [0.5, 0.6) is 0 Å². The summed E-state index contributed by atoms with van der Waals surface area (Å²) in [6.07, 6.45) is 1.54. The van der Waals surface area contributed by atoms with Gasteiger partial charge < -0.3 is 4.42 Å². The lowest BCUT2D eigenvalue weighted by molar-refractivity contribution is -0.119. The average Bonchev–Trinajstić information content (AvgIpc) is 3.48. The van der Waals surface area contributed by atoms with Gasteiger partial charge in [0.1, 0.15) is 12.3 Å². The number of nitrogens with zero attached hydrogens (tertiary/aromatic N) is 3. The van der Waals surface area contributed by atoms with Gasteiger partial charge in [0.25, 0.3) is 11.8 Å². The predicted octanol–water partition coefficient (Wildman–Crippen LogP) is 4.34. The summed E-state index contributed by atoms with van der Waals surface area (Å²) < 4.78 is 6.44. The van der Waals surface area contributed by atoms with Crippen LogP contribution in [0.25, 0.3) is 10.2 Å². The minimum atomic E-state index is -0.465. The topological polar surface area (TPSA) is 83.7 Å². The number of aromatic nitrogens is 1. The van der Waals surface area contributed by atoms with Crippen molar-refractivity contribution >= 4 is 44.4 Å². The van der Waals surface area contributed by atoms with Crippen LogP contribution >= 0.6 is 11.3 Å². The van der Waals surface area contributed by atoms with E-state index in [2.05, 4.69) is 11.1 Å². The first kappa shape index (κ1) is 20.1. The Balaban J connectivity index is 1.49. The van der Waals surface area contributed by atoms with Gasteiger partial charge in [-0.15, -0.1) is 0 Å². The van der Waals surface area contributed by atoms with E-state index < -0.39 is 17.7 Å². The van der Waals surface area contributed by atoms with Crippen LogP contribution in [-0.4, -0.2) is 34.2 Å². The first-order valence-electron chi connectivity index (χ1n) is 10.1. The minimum absolute atomic E-state index is 0.146. The van der Waals surface area contributed by atoms with E-state index >= 15 is 0 Å². The molecule has 1 aliphatic heterocycles. The maximum Gasteiger partial charge on any atom is 0.262 e. The first-order chi connectivity index (χ1) is 15.4. The van der Waals surface area contributed by atoms with E-state index in [4.69, 9.17) is 4.42 Å². The van der Waals surface area contributed by atoms with Crippen molar-refractivity contribution in [3.8, 4) is 0 Å². The van der Waals surface area contributed by atoms with Gasteiger partial charge >= 0.3 is 0 Å². The van der Waals surface area contributed by atoms with Crippen LogP contribution in [-0.2, 0) is 11.3 Å². The van der Waals surface area contributed by atoms with Crippen LogP contribution in [0.1, 0.15) is 37.6 Å². The van der Waals surface area contributed by atoms with E-state index in [1.807, 2.05) is 19.9 Å².